The van der Waals surface area contributed by atoms with Crippen LogP contribution in [0.15, 0.2) is 42.5 Å². The van der Waals surface area contributed by atoms with Gasteiger partial charge in [0.1, 0.15) is 5.75 Å². The summed E-state index contributed by atoms with van der Waals surface area (Å²) in [7, 11) is 1.65. The molecule has 1 aliphatic rings. The first-order chi connectivity index (χ1) is 12.6. The Balaban J connectivity index is 1.57. The minimum Gasteiger partial charge on any atom is -0.497 e. The Bertz CT molecular complexity index is 742. The van der Waals surface area contributed by atoms with Crippen LogP contribution in [0.5, 0.6) is 5.75 Å². The highest BCUT2D eigenvalue weighted by Gasteiger charge is 2.22. The summed E-state index contributed by atoms with van der Waals surface area (Å²) in [6.07, 6.45) is -0.0232. The highest BCUT2D eigenvalue weighted by Crippen LogP contribution is 2.22. The standard InChI is InChI=1S/C20H24F2N2O2/c1-14(15-4-3-5-17(10-15)25-2)23-12-18-13-24(8-9-26-18)16-6-7-19(21)20(22)11-16/h3-7,10-11,14,18,23H,8-9,12-13H2,1-2H3/t14-,18?/m1/s1. The van der Waals surface area contributed by atoms with Crippen LogP contribution >= 0.6 is 0 Å². The van der Waals surface area contributed by atoms with Gasteiger partial charge in [0.05, 0.1) is 19.8 Å². The van der Waals surface area contributed by atoms with Crippen LogP contribution in [0.1, 0.15) is 18.5 Å². The molecule has 0 spiro atoms. The lowest BCUT2D eigenvalue weighted by Crippen LogP contribution is -2.47. The molecule has 1 aliphatic heterocycles. The van der Waals surface area contributed by atoms with Crippen molar-refractivity contribution >= 4 is 5.69 Å². The zero-order valence-corrected chi connectivity index (χ0v) is 15.0. The van der Waals surface area contributed by atoms with Crippen LogP contribution in [0, 0.1) is 11.6 Å². The average molecular weight is 362 g/mol. The van der Waals surface area contributed by atoms with Crippen LogP contribution in [-0.4, -0.2) is 39.5 Å². The third-order valence-corrected chi connectivity index (χ3v) is 4.65. The number of ether oxygens (including phenoxy) is 2. The third-order valence-electron chi connectivity index (χ3n) is 4.65. The van der Waals surface area contributed by atoms with Crippen LogP contribution in [0.4, 0.5) is 14.5 Å². The van der Waals surface area contributed by atoms with E-state index in [9.17, 15) is 8.78 Å². The number of halogens is 2. The zero-order chi connectivity index (χ0) is 18.5. The molecule has 0 amide bonds. The summed E-state index contributed by atoms with van der Waals surface area (Å²) in [5.74, 6) is -0.822. The number of nitrogens with one attached hydrogen (secondary N) is 1. The van der Waals surface area contributed by atoms with Crippen molar-refractivity contribution in [3.05, 3.63) is 59.7 Å². The van der Waals surface area contributed by atoms with Gasteiger partial charge >= 0.3 is 0 Å². The lowest BCUT2D eigenvalue weighted by atomic mass is 10.1. The molecule has 0 aromatic heterocycles. The van der Waals surface area contributed by atoms with E-state index in [2.05, 4.69) is 18.3 Å². The van der Waals surface area contributed by atoms with Gasteiger partial charge in [0.25, 0.3) is 0 Å². The highest BCUT2D eigenvalue weighted by molar-refractivity contribution is 5.47. The van der Waals surface area contributed by atoms with Crippen LogP contribution in [-0.2, 0) is 4.74 Å². The van der Waals surface area contributed by atoms with Gasteiger partial charge in [-0.25, -0.2) is 8.78 Å². The summed E-state index contributed by atoms with van der Waals surface area (Å²) < 4.78 is 37.7. The first-order valence-electron chi connectivity index (χ1n) is 8.75. The van der Waals surface area contributed by atoms with Crippen LogP contribution in [0.3, 0.4) is 0 Å². The minimum atomic E-state index is -0.827. The molecule has 1 heterocycles. The van der Waals surface area contributed by atoms with Gasteiger partial charge in [0.15, 0.2) is 11.6 Å². The van der Waals surface area contributed by atoms with Gasteiger partial charge in [0, 0.05) is 37.4 Å². The summed E-state index contributed by atoms with van der Waals surface area (Å²) in [5, 5.41) is 3.47. The van der Waals surface area contributed by atoms with E-state index >= 15 is 0 Å². The number of benzene rings is 2. The quantitative estimate of drug-likeness (QED) is 0.852. The summed E-state index contributed by atoms with van der Waals surface area (Å²) in [4.78, 5) is 2.02. The molecule has 1 saturated heterocycles. The van der Waals surface area contributed by atoms with Crippen molar-refractivity contribution in [3.8, 4) is 5.75 Å². The molecule has 2 aromatic carbocycles. The van der Waals surface area contributed by atoms with Gasteiger partial charge < -0.3 is 19.7 Å². The Morgan fingerprint density at radius 1 is 1.23 bits per heavy atom. The molecule has 1 fully saturated rings. The lowest BCUT2D eigenvalue weighted by molar-refractivity contribution is 0.0394. The number of rotatable bonds is 6. The SMILES string of the molecule is COc1cccc([C@@H](C)NCC2CN(c3ccc(F)c(F)c3)CCO2)c1. The monoisotopic (exact) mass is 362 g/mol. The van der Waals surface area contributed by atoms with E-state index in [1.54, 1.807) is 13.2 Å². The fourth-order valence-electron chi connectivity index (χ4n) is 3.10. The minimum absolute atomic E-state index is 0.0232. The van der Waals surface area contributed by atoms with E-state index in [-0.39, 0.29) is 12.1 Å². The summed E-state index contributed by atoms with van der Waals surface area (Å²) in [5.41, 5.74) is 1.82. The van der Waals surface area contributed by atoms with Crippen molar-refractivity contribution in [3.63, 3.8) is 0 Å². The van der Waals surface area contributed by atoms with Crippen LogP contribution in [0.2, 0.25) is 0 Å². The highest BCUT2D eigenvalue weighted by atomic mass is 19.2. The number of morpholine rings is 1. The van der Waals surface area contributed by atoms with Crippen LogP contribution in [0.25, 0.3) is 0 Å². The Kier molecular flexibility index (Phi) is 6.06. The maximum absolute atomic E-state index is 13.5. The Hall–Kier alpha value is -2.18. The number of hydrogen-bond donors (Lipinski definition) is 1. The second-order valence-corrected chi connectivity index (χ2v) is 6.44. The largest absolute Gasteiger partial charge is 0.497 e. The predicted molar refractivity (Wildman–Crippen MR) is 97.7 cm³/mol. The Morgan fingerprint density at radius 2 is 2.08 bits per heavy atom. The van der Waals surface area contributed by atoms with Crippen molar-refractivity contribution in [1.29, 1.82) is 0 Å². The van der Waals surface area contributed by atoms with Gasteiger partial charge in [0.2, 0.25) is 0 Å². The van der Waals surface area contributed by atoms with Gasteiger partial charge in [-0.2, -0.15) is 0 Å². The normalized spacial score (nSPS) is 18.6. The smallest absolute Gasteiger partial charge is 0.160 e. The second-order valence-electron chi connectivity index (χ2n) is 6.44. The van der Waals surface area contributed by atoms with Crippen molar-refractivity contribution < 1.29 is 18.3 Å². The molecule has 1 unspecified atom stereocenters. The number of methoxy groups -OCH3 is 1. The number of anilines is 1. The molecular formula is C20H24F2N2O2. The van der Waals surface area contributed by atoms with Crippen molar-refractivity contribution in [1.82, 2.24) is 5.32 Å². The van der Waals surface area contributed by atoms with Crippen molar-refractivity contribution in [2.75, 3.05) is 38.3 Å². The molecule has 0 radical (unpaired) electrons. The zero-order valence-electron chi connectivity index (χ0n) is 15.0. The number of nitrogens with zero attached hydrogens (tertiary/aromatic N) is 1. The second kappa shape index (κ2) is 8.47. The van der Waals surface area contributed by atoms with Gasteiger partial charge in [-0.1, -0.05) is 12.1 Å². The van der Waals surface area contributed by atoms with E-state index in [4.69, 9.17) is 9.47 Å². The fraction of sp³-hybridized carbons (Fsp3) is 0.400. The van der Waals surface area contributed by atoms with Crippen molar-refractivity contribution in [2.24, 2.45) is 0 Å². The molecular weight excluding hydrogens is 338 g/mol. The first-order valence-corrected chi connectivity index (χ1v) is 8.75. The average Bonchev–Trinajstić information content (AvgIpc) is 2.68. The van der Waals surface area contributed by atoms with E-state index in [0.29, 0.717) is 31.9 Å². The van der Waals surface area contributed by atoms with Gasteiger partial charge in [-0.05, 0) is 36.8 Å². The number of hydrogen-bond acceptors (Lipinski definition) is 4. The topological polar surface area (TPSA) is 33.7 Å². The molecule has 6 heteroatoms. The van der Waals surface area contributed by atoms with E-state index < -0.39 is 11.6 Å². The summed E-state index contributed by atoms with van der Waals surface area (Å²) in [6, 6.07) is 12.1. The van der Waals surface area contributed by atoms with E-state index in [1.807, 2.05) is 23.1 Å². The van der Waals surface area contributed by atoms with Gasteiger partial charge in [-0.15, -0.1) is 0 Å². The molecule has 3 rings (SSSR count). The maximum Gasteiger partial charge on any atom is 0.160 e. The molecule has 2 atom stereocenters. The first kappa shape index (κ1) is 18.6. The fourth-order valence-corrected chi connectivity index (χ4v) is 3.10. The Morgan fingerprint density at radius 3 is 2.85 bits per heavy atom. The van der Waals surface area contributed by atoms with Gasteiger partial charge in [-0.3, -0.25) is 0 Å². The van der Waals surface area contributed by atoms with E-state index in [1.165, 1.54) is 6.07 Å². The summed E-state index contributed by atoms with van der Waals surface area (Å²) >= 11 is 0. The molecule has 140 valence electrons. The molecule has 4 nitrogen and oxygen atoms in total. The summed E-state index contributed by atoms with van der Waals surface area (Å²) in [6.45, 7) is 4.60. The molecule has 26 heavy (non-hydrogen) atoms. The van der Waals surface area contributed by atoms with E-state index in [0.717, 1.165) is 17.4 Å². The molecule has 1 N–H and O–H groups in total. The Labute approximate surface area is 152 Å². The van der Waals surface area contributed by atoms with Crippen molar-refractivity contribution in [2.45, 2.75) is 19.1 Å². The maximum atomic E-state index is 13.5. The third kappa shape index (κ3) is 4.51. The lowest BCUT2D eigenvalue weighted by Gasteiger charge is -2.35. The molecule has 0 saturated carbocycles. The molecule has 0 bridgehead atoms. The molecule has 0 aliphatic carbocycles. The predicted octanol–water partition coefficient (Wildman–Crippen LogP) is 3.53. The molecule has 2 aromatic rings. The van der Waals surface area contributed by atoms with Crippen LogP contribution < -0.4 is 15.0 Å².